The Hall–Kier alpha value is -1.30. The molecule has 0 aliphatic carbocycles. The van der Waals surface area contributed by atoms with Crippen molar-refractivity contribution in [1.29, 1.82) is 0 Å². The largest absolute Gasteiger partial charge is 0.465 e. The fourth-order valence-corrected chi connectivity index (χ4v) is 3.44. The summed E-state index contributed by atoms with van der Waals surface area (Å²) in [5.74, 6) is -2.71. The smallest absolute Gasteiger partial charge is 0.305 e. The van der Waals surface area contributed by atoms with Crippen molar-refractivity contribution in [3.05, 3.63) is 0 Å². The highest BCUT2D eigenvalue weighted by atomic mass is 16.9. The highest BCUT2D eigenvalue weighted by Gasteiger charge is 2.51. The number of esters is 2. The van der Waals surface area contributed by atoms with Crippen molar-refractivity contribution in [3.8, 4) is 0 Å². The van der Waals surface area contributed by atoms with E-state index in [2.05, 4.69) is 0 Å². The molecular formula is C19H28O10. The zero-order valence-corrected chi connectivity index (χ0v) is 16.9. The molecule has 6 aliphatic rings. The van der Waals surface area contributed by atoms with E-state index >= 15 is 0 Å². The first kappa shape index (κ1) is 21.0. The van der Waals surface area contributed by atoms with Crippen LogP contribution in [0.5, 0.6) is 0 Å². The zero-order chi connectivity index (χ0) is 20.6. The third-order valence-corrected chi connectivity index (χ3v) is 5.68. The van der Waals surface area contributed by atoms with Crippen molar-refractivity contribution in [3.63, 3.8) is 0 Å². The van der Waals surface area contributed by atoms with Gasteiger partial charge < -0.3 is 37.9 Å². The first-order valence-electron chi connectivity index (χ1n) is 9.89. The fourth-order valence-electron chi connectivity index (χ4n) is 3.44. The minimum atomic E-state index is -0.981. The molecule has 10 nitrogen and oxygen atoms in total. The molecule has 6 fully saturated rings. The highest BCUT2D eigenvalue weighted by molar-refractivity contribution is 5.72. The van der Waals surface area contributed by atoms with Crippen LogP contribution < -0.4 is 0 Å². The van der Waals surface area contributed by atoms with Crippen LogP contribution in [0.25, 0.3) is 0 Å². The Morgan fingerprint density at radius 3 is 1.28 bits per heavy atom. The van der Waals surface area contributed by atoms with E-state index in [1.807, 2.05) is 0 Å². The maximum absolute atomic E-state index is 12.0. The van der Waals surface area contributed by atoms with E-state index in [1.54, 1.807) is 13.8 Å². The van der Waals surface area contributed by atoms with Crippen LogP contribution in [0, 0.1) is 10.8 Å². The van der Waals surface area contributed by atoms with Crippen molar-refractivity contribution in [2.75, 3.05) is 52.9 Å². The van der Waals surface area contributed by atoms with Gasteiger partial charge in [-0.25, -0.2) is 0 Å². The van der Waals surface area contributed by atoms with Gasteiger partial charge in [0, 0.05) is 26.7 Å². The van der Waals surface area contributed by atoms with Crippen molar-refractivity contribution < 1.29 is 47.5 Å². The van der Waals surface area contributed by atoms with Gasteiger partial charge in [-0.1, -0.05) is 0 Å². The first-order chi connectivity index (χ1) is 13.7. The molecule has 0 unspecified atom stereocenters. The van der Waals surface area contributed by atoms with Gasteiger partial charge in [0.15, 0.2) is 0 Å². The molecule has 0 atom stereocenters. The van der Waals surface area contributed by atoms with Crippen LogP contribution in [-0.4, -0.2) is 76.7 Å². The Morgan fingerprint density at radius 1 is 0.655 bits per heavy atom. The second-order valence-electron chi connectivity index (χ2n) is 8.63. The van der Waals surface area contributed by atoms with E-state index in [1.165, 1.54) is 0 Å². The Balaban J connectivity index is 1.10. The maximum atomic E-state index is 12.0. The average molecular weight is 416 g/mol. The number of carbonyl (C=O) groups excluding carboxylic acids is 2. The van der Waals surface area contributed by atoms with Crippen molar-refractivity contribution in [2.24, 2.45) is 10.8 Å². The van der Waals surface area contributed by atoms with Gasteiger partial charge in [0.1, 0.15) is 13.2 Å². The Bertz CT molecular complexity index is 544. The molecule has 6 saturated heterocycles. The van der Waals surface area contributed by atoms with Crippen LogP contribution in [0.15, 0.2) is 0 Å². The molecule has 0 N–H and O–H groups in total. The molecule has 0 spiro atoms. The predicted molar refractivity (Wildman–Crippen MR) is 93.2 cm³/mol. The van der Waals surface area contributed by atoms with Gasteiger partial charge in [-0.2, -0.15) is 0 Å². The summed E-state index contributed by atoms with van der Waals surface area (Å²) in [5.41, 5.74) is -0.929. The van der Waals surface area contributed by atoms with Gasteiger partial charge in [-0.3, -0.25) is 9.59 Å². The molecule has 4 bridgehead atoms. The zero-order valence-electron chi connectivity index (χ0n) is 16.9. The first-order valence-corrected chi connectivity index (χ1v) is 9.89. The quantitative estimate of drug-likeness (QED) is 0.525. The maximum Gasteiger partial charge on any atom is 0.305 e. The van der Waals surface area contributed by atoms with Gasteiger partial charge in [0.2, 0.25) is 0 Å². The van der Waals surface area contributed by atoms with E-state index in [4.69, 9.17) is 37.9 Å². The Morgan fingerprint density at radius 2 is 0.966 bits per heavy atom. The summed E-state index contributed by atoms with van der Waals surface area (Å²) < 4.78 is 43.6. The molecule has 0 aromatic heterocycles. The molecule has 6 heterocycles. The van der Waals surface area contributed by atoms with Gasteiger partial charge >= 0.3 is 11.9 Å². The SMILES string of the molecule is CC12OCC(COC(=O)CCCC(=O)OCC34COC(C)(OC3)OC4)(CO1)CO2. The Labute approximate surface area is 169 Å². The summed E-state index contributed by atoms with van der Waals surface area (Å²) in [6, 6.07) is 0. The standard InChI is InChI=1S/C19H28O10/c1-16-24-8-18(9-25-16,10-26-16)6-22-14(20)4-3-5-15(21)23-7-19-11-27-17(2,28-12-19)29-13-19/h3-13H2,1-2H3. The Kier molecular flexibility index (Phi) is 5.60. The summed E-state index contributed by atoms with van der Waals surface area (Å²) in [6.45, 7) is 6.26. The molecule has 0 saturated carbocycles. The second-order valence-corrected chi connectivity index (χ2v) is 8.63. The minimum absolute atomic E-state index is 0.129. The summed E-state index contributed by atoms with van der Waals surface area (Å²) in [4.78, 5) is 24.0. The summed E-state index contributed by atoms with van der Waals surface area (Å²) in [5, 5.41) is 0. The van der Waals surface area contributed by atoms with Crippen LogP contribution in [0.3, 0.4) is 0 Å². The number of rotatable bonds is 8. The van der Waals surface area contributed by atoms with Crippen LogP contribution >= 0.6 is 0 Å². The van der Waals surface area contributed by atoms with Crippen LogP contribution in [0.4, 0.5) is 0 Å². The van der Waals surface area contributed by atoms with E-state index in [0.717, 1.165) is 0 Å². The van der Waals surface area contributed by atoms with E-state index in [-0.39, 0.29) is 38.0 Å². The lowest BCUT2D eigenvalue weighted by Crippen LogP contribution is -2.60. The molecule has 10 heteroatoms. The molecule has 29 heavy (non-hydrogen) atoms. The van der Waals surface area contributed by atoms with Crippen LogP contribution in [-0.2, 0) is 47.5 Å². The van der Waals surface area contributed by atoms with E-state index < -0.39 is 22.8 Å². The fraction of sp³-hybridized carbons (Fsp3) is 0.895. The summed E-state index contributed by atoms with van der Waals surface area (Å²) in [7, 11) is 0. The lowest BCUT2D eigenvalue weighted by atomic mass is 9.90. The number of ether oxygens (including phenoxy) is 8. The van der Waals surface area contributed by atoms with Gasteiger partial charge in [-0.05, 0) is 6.42 Å². The van der Waals surface area contributed by atoms with Crippen molar-refractivity contribution in [2.45, 2.75) is 45.1 Å². The summed E-state index contributed by atoms with van der Waals surface area (Å²) in [6.07, 6.45) is 0.607. The van der Waals surface area contributed by atoms with Gasteiger partial charge in [0.25, 0.3) is 11.9 Å². The number of fused-ring (bicyclic) bond motifs is 6. The molecule has 6 rings (SSSR count). The molecule has 164 valence electrons. The number of hydrogen-bond donors (Lipinski definition) is 0. The molecule has 0 radical (unpaired) electrons. The number of carbonyl (C=O) groups is 2. The van der Waals surface area contributed by atoms with Crippen molar-refractivity contribution >= 4 is 11.9 Å². The highest BCUT2D eigenvalue weighted by Crippen LogP contribution is 2.39. The molecule has 0 aromatic rings. The average Bonchev–Trinajstić information content (AvgIpc) is 2.73. The van der Waals surface area contributed by atoms with Crippen molar-refractivity contribution in [1.82, 2.24) is 0 Å². The predicted octanol–water partition coefficient (Wildman–Crippen LogP) is 0.717. The third kappa shape index (κ3) is 4.73. The molecule has 0 aromatic carbocycles. The van der Waals surface area contributed by atoms with E-state index in [9.17, 15) is 9.59 Å². The minimum Gasteiger partial charge on any atom is -0.465 e. The lowest BCUT2D eigenvalue weighted by Gasteiger charge is -2.49. The van der Waals surface area contributed by atoms with Gasteiger partial charge in [-0.15, -0.1) is 0 Å². The monoisotopic (exact) mass is 416 g/mol. The normalized spacial score (nSPS) is 40.6. The molecule has 6 aliphatic heterocycles. The topological polar surface area (TPSA) is 108 Å². The van der Waals surface area contributed by atoms with E-state index in [0.29, 0.717) is 46.1 Å². The molecule has 0 amide bonds. The molecular weight excluding hydrogens is 388 g/mol. The lowest BCUT2D eigenvalue weighted by molar-refractivity contribution is -0.462. The summed E-state index contributed by atoms with van der Waals surface area (Å²) >= 11 is 0. The van der Waals surface area contributed by atoms with Gasteiger partial charge in [0.05, 0.1) is 50.5 Å². The second kappa shape index (κ2) is 7.75. The number of hydrogen-bond acceptors (Lipinski definition) is 10. The third-order valence-electron chi connectivity index (χ3n) is 5.68. The van der Waals surface area contributed by atoms with Crippen LogP contribution in [0.2, 0.25) is 0 Å². The van der Waals surface area contributed by atoms with Crippen LogP contribution in [0.1, 0.15) is 33.1 Å².